The fraction of sp³-hybridized carbons (Fsp3) is 0.222. The molecule has 0 unspecified atom stereocenters. The predicted molar refractivity (Wildman–Crippen MR) is 52.5 cm³/mol. The topological polar surface area (TPSA) is 83.8 Å². The van der Waals surface area contributed by atoms with Crippen molar-refractivity contribution in [1.29, 1.82) is 0 Å². The van der Waals surface area contributed by atoms with Gasteiger partial charge in [0.2, 0.25) is 0 Å². The lowest BCUT2D eigenvalue weighted by molar-refractivity contribution is 0.0690. The van der Waals surface area contributed by atoms with Crippen molar-refractivity contribution in [2.75, 3.05) is 0 Å². The van der Waals surface area contributed by atoms with Gasteiger partial charge in [-0.1, -0.05) is 0 Å². The summed E-state index contributed by atoms with van der Waals surface area (Å²) in [5.41, 5.74) is 1.20. The van der Waals surface area contributed by atoms with Crippen LogP contribution in [0, 0.1) is 6.92 Å². The Bertz CT molecular complexity index is 512. The van der Waals surface area contributed by atoms with Crippen LogP contribution in [0.15, 0.2) is 12.3 Å². The molecule has 0 aliphatic rings. The van der Waals surface area contributed by atoms with E-state index >= 15 is 0 Å². The molecule has 0 atom stereocenters. The SMILES string of the molecule is Cc1[nH]c(-c2ccn(C)n2)nc1C(=O)O. The first kappa shape index (κ1) is 9.45. The fourth-order valence-corrected chi connectivity index (χ4v) is 1.33. The van der Waals surface area contributed by atoms with Crippen LogP contribution in [-0.2, 0) is 7.05 Å². The molecule has 2 aromatic heterocycles. The molecule has 0 aliphatic carbocycles. The number of nitrogens with one attached hydrogen (secondary N) is 1. The number of aromatic nitrogens is 4. The smallest absolute Gasteiger partial charge is 0.356 e. The minimum absolute atomic E-state index is 0.0376. The standard InChI is InChI=1S/C9H10N4O2/c1-5-7(9(14)15)11-8(10-5)6-3-4-13(2)12-6/h3-4H,1-2H3,(H,10,11)(H,14,15). The van der Waals surface area contributed by atoms with Crippen LogP contribution < -0.4 is 0 Å². The Morgan fingerprint density at radius 3 is 2.80 bits per heavy atom. The van der Waals surface area contributed by atoms with Crippen LogP contribution in [0.25, 0.3) is 11.5 Å². The number of aromatic amines is 1. The summed E-state index contributed by atoms with van der Waals surface area (Å²) >= 11 is 0. The summed E-state index contributed by atoms with van der Waals surface area (Å²) < 4.78 is 1.63. The molecule has 0 saturated heterocycles. The summed E-state index contributed by atoms with van der Waals surface area (Å²) in [5.74, 6) is -0.559. The van der Waals surface area contributed by atoms with Gasteiger partial charge in [0.15, 0.2) is 11.5 Å². The summed E-state index contributed by atoms with van der Waals surface area (Å²) in [7, 11) is 1.79. The van der Waals surface area contributed by atoms with Crippen molar-refractivity contribution in [3.05, 3.63) is 23.7 Å². The van der Waals surface area contributed by atoms with Crippen molar-refractivity contribution in [2.24, 2.45) is 7.05 Å². The minimum Gasteiger partial charge on any atom is -0.476 e. The highest BCUT2D eigenvalue weighted by Crippen LogP contribution is 2.15. The lowest BCUT2D eigenvalue weighted by Gasteiger charge is -1.87. The number of carboxylic acids is 1. The number of hydrogen-bond donors (Lipinski definition) is 2. The van der Waals surface area contributed by atoms with E-state index in [9.17, 15) is 4.79 Å². The molecule has 6 nitrogen and oxygen atoms in total. The van der Waals surface area contributed by atoms with Gasteiger partial charge in [0.25, 0.3) is 0 Å². The molecule has 0 aromatic carbocycles. The van der Waals surface area contributed by atoms with E-state index in [1.54, 1.807) is 30.9 Å². The first-order valence-corrected chi connectivity index (χ1v) is 4.38. The zero-order valence-corrected chi connectivity index (χ0v) is 8.35. The highest BCUT2D eigenvalue weighted by molar-refractivity contribution is 5.87. The van der Waals surface area contributed by atoms with Crippen molar-refractivity contribution in [3.63, 3.8) is 0 Å². The van der Waals surface area contributed by atoms with Gasteiger partial charge in [0, 0.05) is 18.9 Å². The number of rotatable bonds is 2. The van der Waals surface area contributed by atoms with Gasteiger partial charge in [-0.2, -0.15) is 5.10 Å². The summed E-state index contributed by atoms with van der Waals surface area (Å²) in [6, 6.07) is 1.77. The van der Waals surface area contributed by atoms with E-state index in [0.717, 1.165) is 0 Å². The Morgan fingerprint density at radius 2 is 2.33 bits per heavy atom. The number of aromatic carboxylic acids is 1. The summed E-state index contributed by atoms with van der Waals surface area (Å²) in [5, 5.41) is 12.9. The van der Waals surface area contributed by atoms with Gasteiger partial charge in [-0.25, -0.2) is 9.78 Å². The maximum absolute atomic E-state index is 10.8. The number of H-pyrrole nitrogens is 1. The Morgan fingerprint density at radius 1 is 1.60 bits per heavy atom. The van der Waals surface area contributed by atoms with Gasteiger partial charge >= 0.3 is 5.97 Å². The number of imidazole rings is 1. The average Bonchev–Trinajstić information content (AvgIpc) is 2.71. The molecular weight excluding hydrogens is 196 g/mol. The molecule has 0 bridgehead atoms. The van der Waals surface area contributed by atoms with E-state index in [1.807, 2.05) is 0 Å². The molecule has 2 N–H and O–H groups in total. The van der Waals surface area contributed by atoms with E-state index in [-0.39, 0.29) is 5.69 Å². The molecule has 6 heteroatoms. The van der Waals surface area contributed by atoms with E-state index in [2.05, 4.69) is 15.1 Å². The van der Waals surface area contributed by atoms with Crippen LogP contribution in [-0.4, -0.2) is 30.8 Å². The second-order valence-corrected chi connectivity index (χ2v) is 3.24. The van der Waals surface area contributed by atoms with Crippen LogP contribution in [0.5, 0.6) is 0 Å². The molecule has 0 aliphatic heterocycles. The monoisotopic (exact) mass is 206 g/mol. The molecule has 78 valence electrons. The Hall–Kier alpha value is -2.11. The van der Waals surface area contributed by atoms with Crippen LogP contribution in [0.1, 0.15) is 16.2 Å². The molecular formula is C9H10N4O2. The summed E-state index contributed by atoms with van der Waals surface area (Å²) in [4.78, 5) is 17.6. The van der Waals surface area contributed by atoms with E-state index in [0.29, 0.717) is 17.2 Å². The summed E-state index contributed by atoms with van der Waals surface area (Å²) in [6.45, 7) is 1.67. The Kier molecular flexibility index (Phi) is 2.03. The van der Waals surface area contributed by atoms with Gasteiger partial charge < -0.3 is 10.1 Å². The number of hydrogen-bond acceptors (Lipinski definition) is 3. The van der Waals surface area contributed by atoms with Crippen LogP contribution >= 0.6 is 0 Å². The van der Waals surface area contributed by atoms with Crippen molar-refractivity contribution in [2.45, 2.75) is 6.92 Å². The highest BCUT2D eigenvalue weighted by Gasteiger charge is 2.15. The predicted octanol–water partition coefficient (Wildman–Crippen LogP) is 0.817. The molecule has 15 heavy (non-hydrogen) atoms. The number of aryl methyl sites for hydroxylation is 2. The van der Waals surface area contributed by atoms with Crippen molar-refractivity contribution >= 4 is 5.97 Å². The van der Waals surface area contributed by atoms with E-state index in [4.69, 9.17) is 5.11 Å². The Balaban J connectivity index is 2.46. The third-order valence-electron chi connectivity index (χ3n) is 2.04. The fourth-order valence-electron chi connectivity index (χ4n) is 1.33. The lowest BCUT2D eigenvalue weighted by atomic mass is 10.4. The minimum atomic E-state index is -1.04. The van der Waals surface area contributed by atoms with Gasteiger partial charge in [0.05, 0.1) is 0 Å². The molecule has 2 heterocycles. The Labute approximate surface area is 85.6 Å². The molecule has 2 rings (SSSR count). The maximum Gasteiger partial charge on any atom is 0.356 e. The van der Waals surface area contributed by atoms with Gasteiger partial charge in [-0.15, -0.1) is 0 Å². The molecule has 0 fully saturated rings. The van der Waals surface area contributed by atoms with Crippen molar-refractivity contribution < 1.29 is 9.90 Å². The van der Waals surface area contributed by atoms with Gasteiger partial charge in [-0.3, -0.25) is 4.68 Å². The van der Waals surface area contributed by atoms with Crippen molar-refractivity contribution in [1.82, 2.24) is 19.7 Å². The zero-order valence-electron chi connectivity index (χ0n) is 8.35. The second kappa shape index (κ2) is 3.23. The largest absolute Gasteiger partial charge is 0.476 e. The molecule has 0 radical (unpaired) electrons. The van der Waals surface area contributed by atoms with E-state index < -0.39 is 5.97 Å². The van der Waals surface area contributed by atoms with Crippen LogP contribution in [0.4, 0.5) is 0 Å². The summed E-state index contributed by atoms with van der Waals surface area (Å²) in [6.07, 6.45) is 1.77. The van der Waals surface area contributed by atoms with E-state index in [1.165, 1.54) is 0 Å². The zero-order chi connectivity index (χ0) is 11.0. The molecule has 2 aromatic rings. The van der Waals surface area contributed by atoms with Crippen molar-refractivity contribution in [3.8, 4) is 11.5 Å². The third kappa shape index (κ3) is 1.61. The lowest BCUT2D eigenvalue weighted by Crippen LogP contribution is -1.98. The van der Waals surface area contributed by atoms with Gasteiger partial charge in [0.1, 0.15) is 5.69 Å². The second-order valence-electron chi connectivity index (χ2n) is 3.24. The number of carboxylic acid groups (broad SMARTS) is 1. The number of carbonyl (C=O) groups is 1. The first-order chi connectivity index (χ1) is 7.08. The third-order valence-corrected chi connectivity index (χ3v) is 2.04. The highest BCUT2D eigenvalue weighted by atomic mass is 16.4. The molecule has 0 spiro atoms. The van der Waals surface area contributed by atoms with Gasteiger partial charge in [-0.05, 0) is 13.0 Å². The maximum atomic E-state index is 10.8. The number of nitrogens with zero attached hydrogens (tertiary/aromatic N) is 3. The molecule has 0 amide bonds. The first-order valence-electron chi connectivity index (χ1n) is 4.38. The van der Waals surface area contributed by atoms with Crippen LogP contribution in [0.2, 0.25) is 0 Å². The average molecular weight is 206 g/mol. The normalized spacial score (nSPS) is 10.5. The van der Waals surface area contributed by atoms with Crippen LogP contribution in [0.3, 0.4) is 0 Å². The quantitative estimate of drug-likeness (QED) is 0.761. The molecule has 0 saturated carbocycles.